The summed E-state index contributed by atoms with van der Waals surface area (Å²) in [7, 11) is 6.74. The van der Waals surface area contributed by atoms with Crippen molar-refractivity contribution in [1.29, 1.82) is 0 Å². The molecule has 1 amide bonds. The van der Waals surface area contributed by atoms with Gasteiger partial charge < -0.3 is 24.0 Å². The Kier molecular flexibility index (Phi) is 8.18. The number of nitrogens with zero attached hydrogens (tertiary/aromatic N) is 2. The molecular weight excluding hydrogens is 392 g/mol. The van der Waals surface area contributed by atoms with Gasteiger partial charge >= 0.3 is 0 Å². The Morgan fingerprint density at radius 2 is 1.65 bits per heavy atom. The number of piperidine rings is 1. The second kappa shape index (κ2) is 11.0. The zero-order valence-electron chi connectivity index (χ0n) is 19.1. The van der Waals surface area contributed by atoms with Crippen LogP contribution >= 0.6 is 0 Å². The summed E-state index contributed by atoms with van der Waals surface area (Å²) in [6.07, 6.45) is 3.18. The molecule has 0 spiro atoms. The number of methoxy groups -OCH3 is 3. The third-order valence-electron chi connectivity index (χ3n) is 6.11. The highest BCUT2D eigenvalue weighted by molar-refractivity contribution is 5.97. The van der Waals surface area contributed by atoms with Gasteiger partial charge in [0.15, 0.2) is 11.5 Å². The van der Waals surface area contributed by atoms with Crippen LogP contribution in [0.2, 0.25) is 0 Å². The molecule has 2 aromatic carbocycles. The summed E-state index contributed by atoms with van der Waals surface area (Å²) in [5.74, 6) is 2.51. The van der Waals surface area contributed by atoms with Crippen molar-refractivity contribution in [3.8, 4) is 17.2 Å². The third-order valence-corrected chi connectivity index (χ3v) is 6.11. The number of carbonyl (C=O) groups is 1. The average molecular weight is 427 g/mol. The van der Waals surface area contributed by atoms with E-state index < -0.39 is 0 Å². The smallest absolute Gasteiger partial charge is 0.257 e. The first-order valence-electron chi connectivity index (χ1n) is 10.9. The number of benzene rings is 2. The van der Waals surface area contributed by atoms with Crippen LogP contribution in [0.1, 0.15) is 28.8 Å². The SMILES string of the molecule is COc1ccccc1CCN1CCC(CN(C)C(=O)c2cccc(OC)c2OC)CC1. The summed E-state index contributed by atoms with van der Waals surface area (Å²) in [5.41, 5.74) is 1.79. The van der Waals surface area contributed by atoms with Gasteiger partial charge in [-0.15, -0.1) is 0 Å². The summed E-state index contributed by atoms with van der Waals surface area (Å²) in [5, 5.41) is 0. The highest BCUT2D eigenvalue weighted by Gasteiger charge is 2.25. The summed E-state index contributed by atoms with van der Waals surface area (Å²) in [6, 6.07) is 13.6. The molecule has 0 N–H and O–H groups in total. The normalized spacial score (nSPS) is 14.8. The molecule has 0 bridgehead atoms. The fourth-order valence-corrected chi connectivity index (χ4v) is 4.31. The molecule has 6 heteroatoms. The van der Waals surface area contributed by atoms with Crippen molar-refractivity contribution in [3.05, 3.63) is 53.6 Å². The van der Waals surface area contributed by atoms with E-state index in [0.717, 1.165) is 51.2 Å². The molecule has 2 aromatic rings. The lowest BCUT2D eigenvalue weighted by Gasteiger charge is -2.34. The quantitative estimate of drug-likeness (QED) is 0.611. The maximum absolute atomic E-state index is 13.0. The summed E-state index contributed by atoms with van der Waals surface area (Å²) < 4.78 is 16.2. The minimum atomic E-state index is -0.0330. The maximum Gasteiger partial charge on any atom is 0.257 e. The molecule has 6 nitrogen and oxygen atoms in total. The van der Waals surface area contributed by atoms with Crippen molar-refractivity contribution in [2.45, 2.75) is 19.3 Å². The van der Waals surface area contributed by atoms with E-state index in [1.165, 1.54) is 5.56 Å². The van der Waals surface area contributed by atoms with Crippen molar-refractivity contribution < 1.29 is 19.0 Å². The van der Waals surface area contributed by atoms with E-state index in [4.69, 9.17) is 14.2 Å². The van der Waals surface area contributed by atoms with Gasteiger partial charge in [0.25, 0.3) is 5.91 Å². The van der Waals surface area contributed by atoms with Gasteiger partial charge in [-0.25, -0.2) is 0 Å². The number of hydrogen-bond donors (Lipinski definition) is 0. The van der Waals surface area contributed by atoms with Gasteiger partial charge in [-0.05, 0) is 62.0 Å². The summed E-state index contributed by atoms with van der Waals surface area (Å²) in [4.78, 5) is 17.3. The lowest BCUT2D eigenvalue weighted by molar-refractivity contribution is 0.0736. The minimum absolute atomic E-state index is 0.0330. The van der Waals surface area contributed by atoms with Gasteiger partial charge in [-0.1, -0.05) is 24.3 Å². The van der Waals surface area contributed by atoms with Gasteiger partial charge in [0, 0.05) is 20.1 Å². The molecule has 1 aliphatic rings. The van der Waals surface area contributed by atoms with Gasteiger partial charge in [-0.2, -0.15) is 0 Å². The van der Waals surface area contributed by atoms with Gasteiger partial charge in [0.1, 0.15) is 5.75 Å². The molecule has 0 saturated carbocycles. The molecule has 1 heterocycles. The van der Waals surface area contributed by atoms with Crippen molar-refractivity contribution in [2.24, 2.45) is 5.92 Å². The Morgan fingerprint density at radius 3 is 2.32 bits per heavy atom. The minimum Gasteiger partial charge on any atom is -0.496 e. The van der Waals surface area contributed by atoms with Gasteiger partial charge in [0.2, 0.25) is 0 Å². The van der Waals surface area contributed by atoms with Crippen molar-refractivity contribution in [1.82, 2.24) is 9.80 Å². The Labute approximate surface area is 185 Å². The van der Waals surface area contributed by atoms with Crippen LogP contribution in [0.3, 0.4) is 0 Å². The van der Waals surface area contributed by atoms with Crippen LogP contribution in [0.25, 0.3) is 0 Å². The molecule has 1 fully saturated rings. The van der Waals surface area contributed by atoms with Crippen LogP contribution < -0.4 is 14.2 Å². The average Bonchev–Trinajstić information content (AvgIpc) is 2.82. The van der Waals surface area contributed by atoms with Gasteiger partial charge in [-0.3, -0.25) is 4.79 Å². The first-order chi connectivity index (χ1) is 15.1. The van der Waals surface area contributed by atoms with E-state index in [0.29, 0.717) is 23.0 Å². The van der Waals surface area contributed by atoms with Crippen LogP contribution in [-0.2, 0) is 6.42 Å². The van der Waals surface area contributed by atoms with Crippen molar-refractivity contribution in [3.63, 3.8) is 0 Å². The molecule has 31 heavy (non-hydrogen) atoms. The van der Waals surface area contributed by atoms with E-state index in [1.54, 1.807) is 33.5 Å². The topological polar surface area (TPSA) is 51.2 Å². The number of ether oxygens (including phenoxy) is 3. The Bertz CT molecular complexity index is 862. The predicted molar refractivity (Wildman–Crippen MR) is 122 cm³/mol. The Hall–Kier alpha value is -2.73. The molecule has 1 saturated heterocycles. The fourth-order valence-electron chi connectivity index (χ4n) is 4.31. The molecule has 0 radical (unpaired) electrons. The monoisotopic (exact) mass is 426 g/mol. The second-order valence-electron chi connectivity index (χ2n) is 8.07. The highest BCUT2D eigenvalue weighted by atomic mass is 16.5. The van der Waals surface area contributed by atoms with E-state index in [2.05, 4.69) is 17.0 Å². The van der Waals surface area contributed by atoms with E-state index in [1.807, 2.05) is 30.1 Å². The van der Waals surface area contributed by atoms with E-state index in [9.17, 15) is 4.79 Å². The Balaban J connectivity index is 1.50. The van der Waals surface area contributed by atoms with Crippen LogP contribution in [-0.4, -0.2) is 70.3 Å². The molecule has 168 valence electrons. The van der Waals surface area contributed by atoms with Crippen molar-refractivity contribution >= 4 is 5.91 Å². The molecular formula is C25H34N2O4. The number of amides is 1. The second-order valence-corrected chi connectivity index (χ2v) is 8.07. The van der Waals surface area contributed by atoms with Crippen LogP contribution in [0.4, 0.5) is 0 Å². The summed E-state index contributed by atoms with van der Waals surface area (Å²) in [6.45, 7) is 3.90. The zero-order chi connectivity index (χ0) is 22.2. The molecule has 0 aliphatic carbocycles. The molecule has 1 aliphatic heterocycles. The first kappa shape index (κ1) is 22.9. The highest BCUT2D eigenvalue weighted by Crippen LogP contribution is 2.31. The maximum atomic E-state index is 13.0. The number of rotatable bonds is 9. The standard InChI is InChI=1S/C25H34N2O4/c1-26(25(28)21-9-7-11-23(30-3)24(21)31-4)18-19-12-15-27(16-13-19)17-14-20-8-5-6-10-22(20)29-2/h5-11,19H,12-18H2,1-4H3. The van der Waals surface area contributed by atoms with Crippen LogP contribution in [0.15, 0.2) is 42.5 Å². The van der Waals surface area contributed by atoms with Crippen LogP contribution in [0.5, 0.6) is 17.2 Å². The largest absolute Gasteiger partial charge is 0.496 e. The Morgan fingerprint density at radius 1 is 0.968 bits per heavy atom. The lowest BCUT2D eigenvalue weighted by Crippen LogP contribution is -2.40. The number of hydrogen-bond acceptors (Lipinski definition) is 5. The molecule has 0 unspecified atom stereocenters. The molecule has 0 atom stereocenters. The van der Waals surface area contributed by atoms with Crippen LogP contribution in [0, 0.1) is 5.92 Å². The lowest BCUT2D eigenvalue weighted by atomic mass is 9.95. The number of likely N-dealkylation sites (tertiary alicyclic amines) is 1. The summed E-state index contributed by atoms with van der Waals surface area (Å²) >= 11 is 0. The fraction of sp³-hybridized carbons (Fsp3) is 0.480. The zero-order valence-corrected chi connectivity index (χ0v) is 19.1. The first-order valence-corrected chi connectivity index (χ1v) is 10.9. The van der Waals surface area contributed by atoms with E-state index >= 15 is 0 Å². The van der Waals surface area contributed by atoms with Gasteiger partial charge in [0.05, 0.1) is 26.9 Å². The van der Waals surface area contributed by atoms with Crippen molar-refractivity contribution in [2.75, 3.05) is 54.6 Å². The number of carbonyl (C=O) groups excluding carboxylic acids is 1. The predicted octanol–water partition coefficient (Wildman–Crippen LogP) is 3.74. The van der Waals surface area contributed by atoms with E-state index in [-0.39, 0.29) is 5.91 Å². The number of para-hydroxylation sites is 2. The third kappa shape index (κ3) is 5.70. The molecule has 0 aromatic heterocycles. The molecule has 3 rings (SSSR count).